The molecule has 89 heavy (non-hydrogen) atoms. The van der Waals surface area contributed by atoms with Gasteiger partial charge in [-0.1, -0.05) is 272 Å². The second-order valence-corrected chi connectivity index (χ2v) is 23.3. The number of quaternary nitrogens is 1. The molecule has 0 rings (SSSR count). The number of carboxylic acids is 1. The SMILES string of the molecule is CC/C=C\C/C=C\C/C=C\C/C=C\C/C=C\C/C=C\C/C=C\C/C=C\C/C=C\C/C=C\C/C=C\CCCCCC(=O)OC(COC(=O)CCCCCCCCCCCCC/C=C\C/C=C\C/C=C\C/C=C\C/C=C\CC)COC(OCC[N+](C)(C)C)C(=O)[O-]. The van der Waals surface area contributed by atoms with E-state index in [2.05, 4.69) is 208 Å². The molecule has 2 unspecified atom stereocenters. The third-order valence-electron chi connectivity index (χ3n) is 13.8. The van der Waals surface area contributed by atoms with Gasteiger partial charge < -0.3 is 33.3 Å². The highest BCUT2D eigenvalue weighted by Crippen LogP contribution is 2.15. The number of ether oxygens (including phenoxy) is 4. The van der Waals surface area contributed by atoms with Crippen molar-refractivity contribution in [1.29, 1.82) is 0 Å². The van der Waals surface area contributed by atoms with Crippen LogP contribution in [0, 0.1) is 0 Å². The molecule has 0 aliphatic heterocycles. The Labute approximate surface area is 544 Å². The second-order valence-electron chi connectivity index (χ2n) is 23.3. The molecule has 0 aromatic heterocycles. The lowest BCUT2D eigenvalue weighted by atomic mass is 10.0. The number of carbonyl (C=O) groups excluding carboxylic acids is 3. The summed E-state index contributed by atoms with van der Waals surface area (Å²) in [6.45, 7) is 4.45. The molecule has 0 fully saturated rings. The summed E-state index contributed by atoms with van der Waals surface area (Å²) in [5, 5.41) is 11.8. The molecule has 0 spiro atoms. The number of carboxylic acid groups (broad SMARTS) is 1. The van der Waals surface area contributed by atoms with Crippen molar-refractivity contribution in [2.75, 3.05) is 47.5 Å². The maximum atomic E-state index is 12.9. The molecule has 0 aliphatic carbocycles. The summed E-state index contributed by atoms with van der Waals surface area (Å²) < 4.78 is 22.7. The van der Waals surface area contributed by atoms with Gasteiger partial charge in [0.25, 0.3) is 0 Å². The van der Waals surface area contributed by atoms with E-state index < -0.39 is 24.3 Å². The van der Waals surface area contributed by atoms with E-state index in [1.807, 2.05) is 21.1 Å². The number of hydrogen-bond donors (Lipinski definition) is 0. The van der Waals surface area contributed by atoms with Crippen molar-refractivity contribution in [3.8, 4) is 0 Å². The van der Waals surface area contributed by atoms with Crippen LogP contribution in [0.15, 0.2) is 194 Å². The van der Waals surface area contributed by atoms with Crippen molar-refractivity contribution in [2.45, 2.75) is 245 Å². The van der Waals surface area contributed by atoms with Gasteiger partial charge in [0.1, 0.15) is 13.2 Å². The quantitative estimate of drug-likeness (QED) is 0.0195. The lowest BCUT2D eigenvalue weighted by Gasteiger charge is -2.26. The Morgan fingerprint density at radius 1 is 0.337 bits per heavy atom. The fraction of sp³-hybridized carbons (Fsp3) is 0.562. The van der Waals surface area contributed by atoms with Crippen LogP contribution in [0.2, 0.25) is 0 Å². The summed E-state index contributed by atoms with van der Waals surface area (Å²) in [7, 11) is 5.90. The lowest BCUT2D eigenvalue weighted by Crippen LogP contribution is -2.44. The molecule has 0 aliphatic rings. The molecular weight excluding hydrogens is 1100 g/mol. The van der Waals surface area contributed by atoms with Gasteiger partial charge in [-0.05, 0) is 141 Å². The average Bonchev–Trinajstić information content (AvgIpc) is 3.70. The van der Waals surface area contributed by atoms with E-state index >= 15 is 0 Å². The summed E-state index contributed by atoms with van der Waals surface area (Å²) in [4.78, 5) is 37.5. The van der Waals surface area contributed by atoms with Crippen LogP contribution in [0.5, 0.6) is 0 Å². The minimum atomic E-state index is -1.65. The molecule has 0 saturated carbocycles. The van der Waals surface area contributed by atoms with Crippen LogP contribution in [0.4, 0.5) is 0 Å². The first-order chi connectivity index (χ1) is 43.6. The molecule has 0 aromatic rings. The number of hydrogen-bond acceptors (Lipinski definition) is 8. The molecule has 0 heterocycles. The number of aliphatic carboxylic acids is 1. The number of esters is 2. The molecule has 0 bridgehead atoms. The van der Waals surface area contributed by atoms with Crippen molar-refractivity contribution in [2.24, 2.45) is 0 Å². The van der Waals surface area contributed by atoms with Gasteiger partial charge in [0.05, 0.1) is 40.3 Å². The van der Waals surface area contributed by atoms with Crippen LogP contribution in [-0.2, 0) is 33.3 Å². The first kappa shape index (κ1) is 83.1. The van der Waals surface area contributed by atoms with Gasteiger partial charge in [0.2, 0.25) is 0 Å². The zero-order chi connectivity index (χ0) is 64.7. The fourth-order valence-corrected chi connectivity index (χ4v) is 8.63. The van der Waals surface area contributed by atoms with Gasteiger partial charge in [-0.25, -0.2) is 0 Å². The van der Waals surface area contributed by atoms with E-state index in [9.17, 15) is 19.5 Å². The molecule has 0 N–H and O–H groups in total. The highest BCUT2D eigenvalue weighted by molar-refractivity contribution is 5.70. The molecule has 0 saturated heterocycles. The van der Waals surface area contributed by atoms with Crippen molar-refractivity contribution < 1.29 is 42.9 Å². The van der Waals surface area contributed by atoms with Crippen molar-refractivity contribution >= 4 is 17.9 Å². The van der Waals surface area contributed by atoms with E-state index in [0.29, 0.717) is 17.4 Å². The van der Waals surface area contributed by atoms with Crippen LogP contribution < -0.4 is 5.11 Å². The van der Waals surface area contributed by atoms with Crippen molar-refractivity contribution in [3.05, 3.63) is 194 Å². The molecule has 0 amide bonds. The summed E-state index contributed by atoms with van der Waals surface area (Å²) in [6, 6.07) is 0. The van der Waals surface area contributed by atoms with Gasteiger partial charge in [0, 0.05) is 12.8 Å². The second kappa shape index (κ2) is 68.0. The Hall–Kier alpha value is -5.87. The maximum absolute atomic E-state index is 12.9. The zero-order valence-electron chi connectivity index (χ0n) is 56.7. The van der Waals surface area contributed by atoms with Gasteiger partial charge in [0.15, 0.2) is 12.4 Å². The van der Waals surface area contributed by atoms with E-state index in [1.54, 1.807) is 0 Å². The number of allylic oxidation sites excluding steroid dienone is 32. The highest BCUT2D eigenvalue weighted by atomic mass is 16.7. The minimum absolute atomic E-state index is 0.129. The Kier molecular flexibility index (Phi) is 63.6. The Balaban J connectivity index is 4.29. The maximum Gasteiger partial charge on any atom is 0.306 e. The Morgan fingerprint density at radius 2 is 0.607 bits per heavy atom. The van der Waals surface area contributed by atoms with Gasteiger partial charge in [-0.3, -0.25) is 9.59 Å². The average molecular weight is 1230 g/mol. The third kappa shape index (κ3) is 69.5. The van der Waals surface area contributed by atoms with E-state index in [-0.39, 0.29) is 38.6 Å². The van der Waals surface area contributed by atoms with E-state index in [4.69, 9.17) is 18.9 Å². The fourth-order valence-electron chi connectivity index (χ4n) is 8.63. The van der Waals surface area contributed by atoms with Crippen LogP contribution in [0.1, 0.15) is 232 Å². The third-order valence-corrected chi connectivity index (χ3v) is 13.8. The molecule has 0 radical (unpaired) electrons. The van der Waals surface area contributed by atoms with Crippen molar-refractivity contribution in [3.63, 3.8) is 0 Å². The predicted molar refractivity (Wildman–Crippen MR) is 379 cm³/mol. The first-order valence-electron chi connectivity index (χ1n) is 34.6. The van der Waals surface area contributed by atoms with Gasteiger partial charge >= 0.3 is 11.9 Å². The standard InChI is InChI=1S/C80H125NO8/c1-6-8-10-12-14-16-18-20-22-24-26-28-30-32-34-35-36-37-38-39-40-41-42-43-45-47-49-51-53-55-57-59-61-63-65-67-69-71-78(83)89-76(75-88-80(79(84)85)86-73-72-81(3,4)5)74-87-77(82)70-68-66-64-62-60-58-56-54-52-50-48-46-44-33-31-29-27-25-23-21-19-17-15-13-11-9-7-2/h8-11,14-17,20-23,26-29,32-34,36-37,39-40,42-44,47,49,53,55,59,61,76,80H,6-7,12-13,18-19,24-25,30-31,35,38,41,45-46,48,50-52,54,56-58,60,62-75H2,1-5H3/b10-8-,11-9-,16-14-,17-15-,22-20-,23-21-,28-26-,29-27-,34-32-,37-36-,40-39-,43-42-,44-33-,49-47-,55-53-,61-59-. The smallest absolute Gasteiger partial charge is 0.306 e. The first-order valence-corrected chi connectivity index (χ1v) is 34.6. The summed E-state index contributed by atoms with van der Waals surface area (Å²) in [5.74, 6) is -2.35. The molecular formula is C80H125NO8. The highest BCUT2D eigenvalue weighted by Gasteiger charge is 2.22. The normalized spacial score (nSPS) is 13.9. The predicted octanol–water partition coefficient (Wildman–Crippen LogP) is 20.5. The number of unbranched alkanes of at least 4 members (excludes halogenated alkanes) is 14. The molecule has 2 atom stereocenters. The molecule has 9 nitrogen and oxygen atoms in total. The monoisotopic (exact) mass is 1230 g/mol. The number of carbonyl (C=O) groups is 3. The number of nitrogens with zero attached hydrogens (tertiary/aromatic N) is 1. The summed E-state index contributed by atoms with van der Waals surface area (Å²) in [6.07, 6.45) is 102. The Bertz CT molecular complexity index is 2160. The summed E-state index contributed by atoms with van der Waals surface area (Å²) >= 11 is 0. The molecule has 498 valence electrons. The van der Waals surface area contributed by atoms with E-state index in [1.165, 1.54) is 44.9 Å². The van der Waals surface area contributed by atoms with Crippen LogP contribution in [0.25, 0.3) is 0 Å². The Morgan fingerprint density at radius 3 is 0.910 bits per heavy atom. The zero-order valence-corrected chi connectivity index (χ0v) is 56.7. The van der Waals surface area contributed by atoms with Gasteiger partial charge in [-0.2, -0.15) is 0 Å². The van der Waals surface area contributed by atoms with Crippen LogP contribution in [0.3, 0.4) is 0 Å². The van der Waals surface area contributed by atoms with E-state index in [0.717, 1.165) is 154 Å². The lowest BCUT2D eigenvalue weighted by molar-refractivity contribution is -0.870. The van der Waals surface area contributed by atoms with Crippen LogP contribution >= 0.6 is 0 Å². The molecule has 0 aromatic carbocycles. The molecule has 9 heteroatoms. The summed E-state index contributed by atoms with van der Waals surface area (Å²) in [5.41, 5.74) is 0. The minimum Gasteiger partial charge on any atom is -0.545 e. The number of rotatable bonds is 61. The van der Waals surface area contributed by atoms with Gasteiger partial charge in [-0.15, -0.1) is 0 Å². The van der Waals surface area contributed by atoms with Crippen LogP contribution in [-0.4, -0.2) is 82.3 Å². The number of likely N-dealkylation sites (N-methyl/N-ethyl adjacent to an activating group) is 1. The van der Waals surface area contributed by atoms with Crippen molar-refractivity contribution in [1.82, 2.24) is 0 Å². The topological polar surface area (TPSA) is 111 Å². The largest absolute Gasteiger partial charge is 0.545 e.